The first-order valence-corrected chi connectivity index (χ1v) is 7.10. The Hall–Kier alpha value is -1.92. The van der Waals surface area contributed by atoms with Gasteiger partial charge in [-0.1, -0.05) is 6.07 Å². The maximum atomic E-state index is 11.4. The minimum Gasteiger partial charge on any atom is -0.378 e. The number of aromatic nitrogens is 2. The minimum atomic E-state index is -0.652. The van der Waals surface area contributed by atoms with Crippen molar-refractivity contribution < 1.29 is 4.74 Å². The zero-order valence-electron chi connectivity index (χ0n) is 11.9. The van der Waals surface area contributed by atoms with Crippen molar-refractivity contribution >= 4 is 11.0 Å². The number of aromatic amines is 2. The third kappa shape index (κ3) is 2.52. The van der Waals surface area contributed by atoms with Gasteiger partial charge in [0.25, 0.3) is 0 Å². The Morgan fingerprint density at radius 3 is 2.48 bits per heavy atom. The lowest BCUT2D eigenvalue weighted by Gasteiger charge is -2.42. The molecule has 0 spiro atoms. The Morgan fingerprint density at radius 1 is 1.24 bits per heavy atom. The number of methoxy groups -OCH3 is 1. The van der Waals surface area contributed by atoms with Crippen molar-refractivity contribution in [2.45, 2.75) is 37.3 Å². The van der Waals surface area contributed by atoms with E-state index in [-0.39, 0.29) is 11.6 Å². The van der Waals surface area contributed by atoms with E-state index in [0.717, 1.165) is 24.8 Å². The molecule has 2 aromatic rings. The smallest absolute Gasteiger partial charge is 0.314 e. The Bertz CT molecular complexity index is 768. The third-order valence-electron chi connectivity index (χ3n) is 4.46. The fourth-order valence-corrected chi connectivity index (χ4v) is 2.94. The summed E-state index contributed by atoms with van der Waals surface area (Å²) in [7, 11) is 1.73. The molecule has 4 N–H and O–H groups in total. The Labute approximate surface area is 121 Å². The summed E-state index contributed by atoms with van der Waals surface area (Å²) in [5.74, 6) is 0. The van der Waals surface area contributed by atoms with Gasteiger partial charge in [0.2, 0.25) is 0 Å². The molecule has 1 aromatic carbocycles. The zero-order valence-corrected chi connectivity index (χ0v) is 11.9. The van der Waals surface area contributed by atoms with Crippen molar-refractivity contribution in [1.29, 1.82) is 0 Å². The van der Waals surface area contributed by atoms with Gasteiger partial charge >= 0.3 is 11.1 Å². The summed E-state index contributed by atoms with van der Waals surface area (Å²) in [6, 6.07) is 5.30. The summed E-state index contributed by atoms with van der Waals surface area (Å²) in [6.07, 6.45) is 4.00. The van der Waals surface area contributed by atoms with E-state index in [1.165, 1.54) is 6.42 Å². The highest BCUT2D eigenvalue weighted by atomic mass is 16.5. The van der Waals surface area contributed by atoms with Gasteiger partial charge in [-0.05, 0) is 43.4 Å². The summed E-state index contributed by atoms with van der Waals surface area (Å²) in [5, 5.41) is 0. The van der Waals surface area contributed by atoms with Gasteiger partial charge in [0.1, 0.15) is 0 Å². The molecule has 1 unspecified atom stereocenters. The van der Waals surface area contributed by atoms with E-state index in [1.54, 1.807) is 13.2 Å². The summed E-state index contributed by atoms with van der Waals surface area (Å²) < 4.78 is 5.60. The monoisotopic (exact) mass is 289 g/mol. The molecule has 6 nitrogen and oxygen atoms in total. The normalized spacial score (nSPS) is 18.4. The van der Waals surface area contributed by atoms with Gasteiger partial charge in [-0.25, -0.2) is 0 Å². The average molecular weight is 289 g/mol. The fraction of sp³-hybridized carbons (Fsp3) is 0.467. The van der Waals surface area contributed by atoms with Gasteiger partial charge in [0.15, 0.2) is 0 Å². The predicted octanol–water partition coefficient (Wildman–Crippen LogP) is 1.18. The second-order valence-electron chi connectivity index (χ2n) is 5.76. The number of nitrogens with one attached hydrogen (secondary N) is 2. The molecule has 1 atom stereocenters. The number of H-pyrrole nitrogens is 2. The van der Waals surface area contributed by atoms with Crippen LogP contribution in [0.2, 0.25) is 0 Å². The average Bonchev–Trinajstić information content (AvgIpc) is 2.43. The number of ether oxygens (including phenoxy) is 1. The first-order valence-electron chi connectivity index (χ1n) is 7.10. The molecule has 0 bridgehead atoms. The molecule has 21 heavy (non-hydrogen) atoms. The van der Waals surface area contributed by atoms with Crippen LogP contribution in [-0.2, 0) is 4.74 Å². The summed E-state index contributed by atoms with van der Waals surface area (Å²) >= 11 is 0. The minimum absolute atomic E-state index is 0.104. The molecule has 0 amide bonds. The molecule has 112 valence electrons. The predicted molar refractivity (Wildman–Crippen MR) is 80.3 cm³/mol. The fourth-order valence-electron chi connectivity index (χ4n) is 2.94. The maximum Gasteiger partial charge on any atom is 0.314 e. The summed E-state index contributed by atoms with van der Waals surface area (Å²) in [6.45, 7) is 0. The second kappa shape index (κ2) is 5.13. The van der Waals surface area contributed by atoms with Gasteiger partial charge in [-0.3, -0.25) is 9.59 Å². The molecule has 0 aliphatic heterocycles. The first kappa shape index (κ1) is 14.0. The van der Waals surface area contributed by atoms with E-state index >= 15 is 0 Å². The molecular formula is C15H19N3O3. The number of hydrogen-bond acceptors (Lipinski definition) is 4. The van der Waals surface area contributed by atoms with Crippen LogP contribution in [-0.4, -0.2) is 22.7 Å². The van der Waals surface area contributed by atoms with Crippen LogP contribution < -0.4 is 16.9 Å². The standard InChI is InChI=1S/C15H19N3O3/c1-21-15(5-2-6-15)8-10(16)9-3-4-11-12(7-9)18-14(20)13(19)17-11/h3-4,7,10H,2,5-6,8,16H2,1H3,(H,17,19)(H,18,20). The zero-order chi connectivity index (χ0) is 15.0. The molecule has 0 radical (unpaired) electrons. The van der Waals surface area contributed by atoms with Crippen LogP contribution in [0, 0.1) is 0 Å². The Morgan fingerprint density at radius 2 is 1.90 bits per heavy atom. The second-order valence-corrected chi connectivity index (χ2v) is 5.76. The SMILES string of the molecule is COC1(CC(N)c2ccc3[nH]c(=O)c(=O)[nH]c3c2)CCC1. The molecule has 6 heteroatoms. The van der Waals surface area contributed by atoms with Crippen LogP contribution in [0.5, 0.6) is 0 Å². The number of fused-ring (bicyclic) bond motifs is 1. The molecule has 1 aromatic heterocycles. The third-order valence-corrected chi connectivity index (χ3v) is 4.46. The maximum absolute atomic E-state index is 11.4. The Balaban J connectivity index is 1.91. The van der Waals surface area contributed by atoms with Gasteiger partial charge < -0.3 is 20.4 Å². The van der Waals surface area contributed by atoms with Crippen molar-refractivity contribution in [3.63, 3.8) is 0 Å². The molecule has 3 rings (SSSR count). The molecule has 1 aliphatic carbocycles. The molecule has 1 fully saturated rings. The molecular weight excluding hydrogens is 270 g/mol. The quantitative estimate of drug-likeness (QED) is 0.735. The number of rotatable bonds is 4. The van der Waals surface area contributed by atoms with Crippen LogP contribution in [0.1, 0.15) is 37.3 Å². The van der Waals surface area contributed by atoms with E-state index in [2.05, 4.69) is 9.97 Å². The van der Waals surface area contributed by atoms with Crippen LogP contribution in [0.15, 0.2) is 27.8 Å². The molecule has 0 saturated heterocycles. The summed E-state index contributed by atoms with van der Waals surface area (Å²) in [4.78, 5) is 27.8. The highest BCUT2D eigenvalue weighted by molar-refractivity contribution is 5.74. The van der Waals surface area contributed by atoms with E-state index in [1.807, 2.05) is 12.1 Å². The van der Waals surface area contributed by atoms with Crippen LogP contribution in [0.4, 0.5) is 0 Å². The van der Waals surface area contributed by atoms with Crippen molar-refractivity contribution in [3.05, 3.63) is 44.5 Å². The number of benzene rings is 1. The largest absolute Gasteiger partial charge is 0.378 e. The lowest BCUT2D eigenvalue weighted by molar-refractivity contribution is -0.0816. The topological polar surface area (TPSA) is 101 Å². The van der Waals surface area contributed by atoms with Crippen molar-refractivity contribution in [2.24, 2.45) is 5.73 Å². The van der Waals surface area contributed by atoms with Gasteiger partial charge in [-0.2, -0.15) is 0 Å². The van der Waals surface area contributed by atoms with Crippen molar-refractivity contribution in [1.82, 2.24) is 9.97 Å². The van der Waals surface area contributed by atoms with E-state index < -0.39 is 11.1 Å². The molecule has 1 heterocycles. The van der Waals surface area contributed by atoms with Crippen molar-refractivity contribution in [2.75, 3.05) is 7.11 Å². The van der Waals surface area contributed by atoms with Crippen LogP contribution in [0.3, 0.4) is 0 Å². The summed E-state index contributed by atoms with van der Waals surface area (Å²) in [5.41, 5.74) is 6.99. The highest BCUT2D eigenvalue weighted by Crippen LogP contribution is 2.41. The van der Waals surface area contributed by atoms with Crippen molar-refractivity contribution in [3.8, 4) is 0 Å². The van der Waals surface area contributed by atoms with E-state index in [0.29, 0.717) is 11.0 Å². The van der Waals surface area contributed by atoms with Gasteiger partial charge in [-0.15, -0.1) is 0 Å². The van der Waals surface area contributed by atoms with E-state index in [9.17, 15) is 9.59 Å². The molecule has 1 aliphatic rings. The number of hydrogen-bond donors (Lipinski definition) is 3. The van der Waals surface area contributed by atoms with Crippen LogP contribution >= 0.6 is 0 Å². The molecule has 1 saturated carbocycles. The van der Waals surface area contributed by atoms with Gasteiger partial charge in [0, 0.05) is 13.2 Å². The lowest BCUT2D eigenvalue weighted by atomic mass is 9.75. The van der Waals surface area contributed by atoms with Gasteiger partial charge in [0.05, 0.1) is 16.6 Å². The van der Waals surface area contributed by atoms with E-state index in [4.69, 9.17) is 10.5 Å². The van der Waals surface area contributed by atoms with Crippen LogP contribution in [0.25, 0.3) is 11.0 Å². The Kier molecular flexibility index (Phi) is 3.43. The first-order chi connectivity index (χ1) is 10.0. The number of nitrogens with two attached hydrogens (primary N) is 1. The lowest BCUT2D eigenvalue weighted by Crippen LogP contribution is -2.41. The highest BCUT2D eigenvalue weighted by Gasteiger charge is 2.38.